The summed E-state index contributed by atoms with van der Waals surface area (Å²) in [4.78, 5) is 4.06. The molecule has 0 saturated heterocycles. The van der Waals surface area contributed by atoms with E-state index in [9.17, 15) is 0 Å². The molecular weight excluding hydrogens is 188 g/mol. The Kier molecular flexibility index (Phi) is 1.65. The molecule has 1 aromatic heterocycles. The summed E-state index contributed by atoms with van der Waals surface area (Å²) in [5.41, 5.74) is 9.01. The number of benzene rings is 1. The van der Waals surface area contributed by atoms with Crippen LogP contribution in [0.25, 0.3) is 11.1 Å². The van der Waals surface area contributed by atoms with E-state index in [0.717, 1.165) is 22.4 Å². The lowest BCUT2D eigenvalue weighted by Gasteiger charge is -2.21. The van der Waals surface area contributed by atoms with Gasteiger partial charge in [0.1, 0.15) is 18.2 Å². The topological polar surface area (TPSA) is 48.1 Å². The number of para-hydroxylation sites is 1. The molecule has 0 radical (unpaired) electrons. The zero-order valence-corrected chi connectivity index (χ0v) is 8.10. The number of nitrogens with two attached hydrogens (primary N) is 1. The average Bonchev–Trinajstić information content (AvgIpc) is 2.29. The molecule has 74 valence electrons. The highest BCUT2D eigenvalue weighted by molar-refractivity contribution is 5.77. The van der Waals surface area contributed by atoms with Gasteiger partial charge in [0.25, 0.3) is 0 Å². The predicted octanol–water partition coefficient (Wildman–Crippen LogP) is 2.22. The Balaban J connectivity index is 2.30. The van der Waals surface area contributed by atoms with Crippen LogP contribution in [-0.2, 0) is 6.61 Å². The molecule has 1 aromatic carbocycles. The van der Waals surface area contributed by atoms with Crippen molar-refractivity contribution in [3.05, 3.63) is 42.1 Å². The number of pyridine rings is 1. The zero-order valence-electron chi connectivity index (χ0n) is 8.10. The Bertz CT molecular complexity index is 523. The Labute approximate surface area is 87.5 Å². The number of ether oxygens (including phenoxy) is 1. The third-order valence-corrected chi connectivity index (χ3v) is 2.64. The number of nitrogen functional groups attached to an aromatic ring is 1. The van der Waals surface area contributed by atoms with Gasteiger partial charge in [-0.3, -0.25) is 0 Å². The van der Waals surface area contributed by atoms with Crippen LogP contribution < -0.4 is 10.5 Å². The van der Waals surface area contributed by atoms with Gasteiger partial charge in [-0.15, -0.1) is 0 Å². The largest absolute Gasteiger partial charge is 0.488 e. The second-order valence-electron chi connectivity index (χ2n) is 3.51. The third-order valence-electron chi connectivity index (χ3n) is 2.64. The highest BCUT2D eigenvalue weighted by Gasteiger charge is 2.18. The molecule has 3 rings (SSSR count). The summed E-state index contributed by atoms with van der Waals surface area (Å²) in [6, 6.07) is 9.94. The van der Waals surface area contributed by atoms with E-state index >= 15 is 0 Å². The Hall–Kier alpha value is -2.03. The zero-order chi connectivity index (χ0) is 10.3. The summed E-state index contributed by atoms with van der Waals surface area (Å²) >= 11 is 0. The summed E-state index contributed by atoms with van der Waals surface area (Å²) < 4.78 is 5.61. The number of nitrogens with zero attached hydrogens (tertiary/aromatic N) is 1. The molecule has 0 aliphatic carbocycles. The van der Waals surface area contributed by atoms with Gasteiger partial charge in [0.2, 0.25) is 0 Å². The fraction of sp³-hybridized carbons (Fsp3) is 0.0833. The third kappa shape index (κ3) is 1.16. The van der Waals surface area contributed by atoms with Crippen molar-refractivity contribution in [1.29, 1.82) is 0 Å². The fourth-order valence-electron chi connectivity index (χ4n) is 1.88. The molecule has 3 heteroatoms. The summed E-state index contributed by atoms with van der Waals surface area (Å²) in [5, 5.41) is 0. The monoisotopic (exact) mass is 198 g/mol. The summed E-state index contributed by atoms with van der Waals surface area (Å²) in [6.45, 7) is 0.506. The summed E-state index contributed by atoms with van der Waals surface area (Å²) in [6.07, 6.45) is 1.73. The first kappa shape index (κ1) is 8.29. The average molecular weight is 198 g/mol. The van der Waals surface area contributed by atoms with Gasteiger partial charge in [0, 0.05) is 17.3 Å². The molecule has 0 bridgehead atoms. The molecular formula is C12H10N2O. The normalized spacial score (nSPS) is 12.5. The van der Waals surface area contributed by atoms with E-state index in [2.05, 4.69) is 4.98 Å². The van der Waals surface area contributed by atoms with Crippen LogP contribution in [0.15, 0.2) is 36.5 Å². The minimum atomic E-state index is 0.506. The van der Waals surface area contributed by atoms with Crippen LogP contribution in [0.2, 0.25) is 0 Å². The number of fused-ring (bicyclic) bond motifs is 3. The SMILES string of the molecule is Nc1nccc2c1COc1ccccc1-2. The molecule has 1 aliphatic rings. The number of rotatable bonds is 0. The van der Waals surface area contributed by atoms with E-state index in [4.69, 9.17) is 10.5 Å². The lowest BCUT2D eigenvalue weighted by Crippen LogP contribution is -2.09. The van der Waals surface area contributed by atoms with Crippen molar-refractivity contribution in [2.75, 3.05) is 5.73 Å². The Morgan fingerprint density at radius 1 is 1.13 bits per heavy atom. The first-order chi connectivity index (χ1) is 7.36. The van der Waals surface area contributed by atoms with E-state index in [1.54, 1.807) is 6.20 Å². The molecule has 2 N–H and O–H groups in total. The smallest absolute Gasteiger partial charge is 0.130 e. The van der Waals surface area contributed by atoms with Gasteiger partial charge in [-0.1, -0.05) is 18.2 Å². The minimum Gasteiger partial charge on any atom is -0.488 e. The molecule has 1 aliphatic heterocycles. The second-order valence-corrected chi connectivity index (χ2v) is 3.51. The van der Waals surface area contributed by atoms with Gasteiger partial charge in [0.05, 0.1) is 0 Å². The Morgan fingerprint density at radius 2 is 2.00 bits per heavy atom. The number of anilines is 1. The predicted molar refractivity (Wildman–Crippen MR) is 58.4 cm³/mol. The summed E-state index contributed by atoms with van der Waals surface area (Å²) in [5.74, 6) is 1.47. The standard InChI is InChI=1S/C12H10N2O/c13-12-10-7-15-11-4-2-1-3-9(11)8(10)5-6-14-12/h1-6H,7H2,(H2,13,14). The van der Waals surface area contributed by atoms with Gasteiger partial charge in [-0.2, -0.15) is 0 Å². The number of hydrogen-bond donors (Lipinski definition) is 1. The molecule has 0 unspecified atom stereocenters. The molecule has 3 nitrogen and oxygen atoms in total. The second kappa shape index (κ2) is 2.98. The molecule has 0 amide bonds. The number of hydrogen-bond acceptors (Lipinski definition) is 3. The first-order valence-corrected chi connectivity index (χ1v) is 4.82. The van der Waals surface area contributed by atoms with Gasteiger partial charge in [-0.05, 0) is 17.7 Å². The van der Waals surface area contributed by atoms with Crippen LogP contribution in [0.5, 0.6) is 5.75 Å². The van der Waals surface area contributed by atoms with Crippen molar-refractivity contribution in [1.82, 2.24) is 4.98 Å². The fourth-order valence-corrected chi connectivity index (χ4v) is 1.88. The van der Waals surface area contributed by atoms with E-state index in [0.29, 0.717) is 12.4 Å². The van der Waals surface area contributed by atoms with Gasteiger partial charge in [0.15, 0.2) is 0 Å². The maximum Gasteiger partial charge on any atom is 0.130 e. The van der Waals surface area contributed by atoms with Crippen molar-refractivity contribution in [3.8, 4) is 16.9 Å². The van der Waals surface area contributed by atoms with Crippen LogP contribution in [0.4, 0.5) is 5.82 Å². The molecule has 2 aromatic rings. The van der Waals surface area contributed by atoms with E-state index < -0.39 is 0 Å². The molecule has 2 heterocycles. The van der Waals surface area contributed by atoms with Crippen molar-refractivity contribution >= 4 is 5.82 Å². The van der Waals surface area contributed by atoms with Gasteiger partial charge >= 0.3 is 0 Å². The molecule has 0 saturated carbocycles. The van der Waals surface area contributed by atoms with Crippen LogP contribution >= 0.6 is 0 Å². The van der Waals surface area contributed by atoms with E-state index in [-0.39, 0.29) is 0 Å². The highest BCUT2D eigenvalue weighted by atomic mass is 16.5. The van der Waals surface area contributed by atoms with Crippen LogP contribution in [0, 0.1) is 0 Å². The summed E-state index contributed by atoms with van der Waals surface area (Å²) in [7, 11) is 0. The maximum absolute atomic E-state index is 5.81. The van der Waals surface area contributed by atoms with Crippen LogP contribution in [0.3, 0.4) is 0 Å². The molecule has 0 atom stereocenters. The van der Waals surface area contributed by atoms with E-state index in [1.807, 2.05) is 30.3 Å². The van der Waals surface area contributed by atoms with Crippen LogP contribution in [0.1, 0.15) is 5.56 Å². The quantitative estimate of drug-likeness (QED) is 0.706. The minimum absolute atomic E-state index is 0.506. The maximum atomic E-state index is 5.81. The lowest BCUT2D eigenvalue weighted by atomic mass is 9.98. The Morgan fingerprint density at radius 3 is 2.93 bits per heavy atom. The van der Waals surface area contributed by atoms with Crippen molar-refractivity contribution in [2.24, 2.45) is 0 Å². The van der Waals surface area contributed by atoms with Gasteiger partial charge in [-0.25, -0.2) is 4.98 Å². The number of aromatic nitrogens is 1. The van der Waals surface area contributed by atoms with Crippen LogP contribution in [-0.4, -0.2) is 4.98 Å². The van der Waals surface area contributed by atoms with Crippen molar-refractivity contribution in [3.63, 3.8) is 0 Å². The lowest BCUT2D eigenvalue weighted by molar-refractivity contribution is 0.302. The van der Waals surface area contributed by atoms with E-state index in [1.165, 1.54) is 0 Å². The van der Waals surface area contributed by atoms with Crippen molar-refractivity contribution < 1.29 is 4.74 Å². The highest BCUT2D eigenvalue weighted by Crippen LogP contribution is 2.38. The molecule has 0 fully saturated rings. The molecule has 0 spiro atoms. The first-order valence-electron chi connectivity index (χ1n) is 4.82. The van der Waals surface area contributed by atoms with Crippen molar-refractivity contribution in [2.45, 2.75) is 6.61 Å². The molecule has 15 heavy (non-hydrogen) atoms. The van der Waals surface area contributed by atoms with Gasteiger partial charge < -0.3 is 10.5 Å².